The van der Waals surface area contributed by atoms with Crippen LogP contribution in [0.25, 0.3) is 0 Å². The van der Waals surface area contributed by atoms with Crippen LogP contribution in [0.3, 0.4) is 0 Å². The average molecular weight is 326 g/mol. The molecule has 0 radical (unpaired) electrons. The number of carbonyl (C=O) groups excluding carboxylic acids is 1. The highest BCUT2D eigenvalue weighted by molar-refractivity contribution is 6.42. The maximum absolute atomic E-state index is 11.9. The van der Waals surface area contributed by atoms with Crippen molar-refractivity contribution in [2.24, 2.45) is 0 Å². The molecule has 7 heteroatoms. The highest BCUT2D eigenvalue weighted by atomic mass is 35.5. The second-order valence-corrected chi connectivity index (χ2v) is 4.91. The lowest BCUT2D eigenvalue weighted by Crippen LogP contribution is -2.06. The van der Waals surface area contributed by atoms with E-state index in [1.807, 2.05) is 0 Å². The Morgan fingerprint density at radius 1 is 1.14 bits per heavy atom. The minimum atomic E-state index is -0.633. The minimum absolute atomic E-state index is 0.0977. The number of nitro benzene ring substituents is 1. The van der Waals surface area contributed by atoms with Gasteiger partial charge in [-0.3, -0.25) is 10.1 Å². The molecule has 21 heavy (non-hydrogen) atoms. The van der Waals surface area contributed by atoms with Gasteiger partial charge in [-0.15, -0.1) is 0 Å². The van der Waals surface area contributed by atoms with Crippen molar-refractivity contribution in [3.63, 3.8) is 0 Å². The Kier molecular flexibility index (Phi) is 4.77. The normalized spacial score (nSPS) is 10.2. The summed E-state index contributed by atoms with van der Waals surface area (Å²) < 4.78 is 5.05. The zero-order valence-corrected chi connectivity index (χ0v) is 12.1. The van der Waals surface area contributed by atoms with Crippen LogP contribution >= 0.6 is 23.2 Å². The first-order chi connectivity index (χ1) is 9.99. The second kappa shape index (κ2) is 6.56. The second-order valence-electron chi connectivity index (χ2n) is 4.09. The Hall–Kier alpha value is -2.11. The molecule has 0 saturated heterocycles. The third kappa shape index (κ3) is 3.71. The molecular formula is C14H9Cl2NO4. The van der Waals surface area contributed by atoms with Crippen LogP contribution in [-0.2, 0) is 11.3 Å². The Bertz CT molecular complexity index is 703. The van der Waals surface area contributed by atoms with Crippen LogP contribution in [0, 0.1) is 10.1 Å². The van der Waals surface area contributed by atoms with Crippen molar-refractivity contribution in [1.82, 2.24) is 0 Å². The van der Waals surface area contributed by atoms with Crippen molar-refractivity contribution in [2.75, 3.05) is 0 Å². The largest absolute Gasteiger partial charge is 0.457 e. The van der Waals surface area contributed by atoms with Crippen LogP contribution in [0.1, 0.15) is 15.9 Å². The molecule has 0 saturated carbocycles. The van der Waals surface area contributed by atoms with Gasteiger partial charge in [-0.25, -0.2) is 4.79 Å². The number of halogens is 2. The van der Waals surface area contributed by atoms with Gasteiger partial charge in [0, 0.05) is 6.07 Å². The lowest BCUT2D eigenvalue weighted by atomic mass is 10.2. The SMILES string of the molecule is O=C(OCc1ccccc1[N+](=O)[O-])c1ccc(Cl)c(Cl)c1. The quantitative estimate of drug-likeness (QED) is 0.478. The lowest BCUT2D eigenvalue weighted by molar-refractivity contribution is -0.385. The fourth-order valence-corrected chi connectivity index (χ4v) is 1.96. The van der Waals surface area contributed by atoms with Crippen molar-refractivity contribution < 1.29 is 14.5 Å². The molecule has 0 unspecified atom stereocenters. The standard InChI is InChI=1S/C14H9Cl2NO4/c15-11-6-5-9(7-12(11)16)14(18)21-8-10-3-1-2-4-13(10)17(19)20/h1-7H,8H2. The molecule has 0 fully saturated rings. The molecule has 0 atom stereocenters. The van der Waals surface area contributed by atoms with Gasteiger partial charge in [-0.1, -0.05) is 35.3 Å². The number of hydrogen-bond donors (Lipinski definition) is 0. The van der Waals surface area contributed by atoms with E-state index in [0.717, 1.165) is 0 Å². The summed E-state index contributed by atoms with van der Waals surface area (Å²) in [7, 11) is 0. The van der Waals surface area contributed by atoms with Gasteiger partial charge in [0.2, 0.25) is 0 Å². The minimum Gasteiger partial charge on any atom is -0.457 e. The molecule has 0 aromatic heterocycles. The Balaban J connectivity index is 2.11. The summed E-state index contributed by atoms with van der Waals surface area (Å²) in [4.78, 5) is 22.2. The van der Waals surface area contributed by atoms with Crippen molar-refractivity contribution in [3.8, 4) is 0 Å². The summed E-state index contributed by atoms with van der Waals surface area (Å²) in [6.45, 7) is -0.198. The molecule has 0 heterocycles. The monoisotopic (exact) mass is 325 g/mol. The number of ether oxygens (including phenoxy) is 1. The van der Waals surface area contributed by atoms with E-state index in [0.29, 0.717) is 10.6 Å². The predicted octanol–water partition coefficient (Wildman–Crippen LogP) is 4.26. The maximum Gasteiger partial charge on any atom is 0.338 e. The number of nitrogens with zero attached hydrogens (tertiary/aromatic N) is 1. The van der Waals surface area contributed by atoms with Gasteiger partial charge in [-0.05, 0) is 24.3 Å². The Labute approximate surface area is 130 Å². The number of para-hydroxylation sites is 1. The van der Waals surface area contributed by atoms with E-state index in [1.165, 1.54) is 30.3 Å². The maximum atomic E-state index is 11.9. The van der Waals surface area contributed by atoms with Crippen molar-refractivity contribution in [3.05, 3.63) is 73.8 Å². The third-order valence-corrected chi connectivity index (χ3v) is 3.44. The molecule has 108 valence electrons. The van der Waals surface area contributed by atoms with Crippen LogP contribution in [-0.4, -0.2) is 10.9 Å². The number of benzene rings is 2. The summed E-state index contributed by atoms with van der Waals surface area (Å²) >= 11 is 11.6. The number of esters is 1. The first-order valence-electron chi connectivity index (χ1n) is 5.83. The predicted molar refractivity (Wildman–Crippen MR) is 78.7 cm³/mol. The van der Waals surface area contributed by atoms with E-state index in [-0.39, 0.29) is 22.9 Å². The van der Waals surface area contributed by atoms with Crippen LogP contribution in [0.2, 0.25) is 10.0 Å². The average Bonchev–Trinajstić information content (AvgIpc) is 2.47. The smallest absolute Gasteiger partial charge is 0.338 e. The summed E-state index contributed by atoms with van der Waals surface area (Å²) in [5.74, 6) is -0.633. The molecule has 0 bridgehead atoms. The van der Waals surface area contributed by atoms with Crippen LogP contribution in [0.15, 0.2) is 42.5 Å². The molecule has 2 rings (SSSR count). The van der Waals surface area contributed by atoms with E-state index < -0.39 is 10.9 Å². The zero-order chi connectivity index (χ0) is 15.4. The number of carbonyl (C=O) groups is 1. The Morgan fingerprint density at radius 3 is 2.52 bits per heavy atom. The van der Waals surface area contributed by atoms with Gasteiger partial charge in [0.15, 0.2) is 0 Å². The fourth-order valence-electron chi connectivity index (χ4n) is 1.66. The zero-order valence-electron chi connectivity index (χ0n) is 10.6. The first kappa shape index (κ1) is 15.3. The molecule has 0 aliphatic carbocycles. The van der Waals surface area contributed by atoms with E-state index in [2.05, 4.69) is 0 Å². The van der Waals surface area contributed by atoms with Gasteiger partial charge in [0.05, 0.1) is 26.1 Å². The van der Waals surface area contributed by atoms with Crippen LogP contribution in [0.4, 0.5) is 5.69 Å². The molecule has 0 aliphatic rings. The third-order valence-electron chi connectivity index (χ3n) is 2.70. The number of rotatable bonds is 4. The first-order valence-corrected chi connectivity index (χ1v) is 6.59. The van der Waals surface area contributed by atoms with Gasteiger partial charge < -0.3 is 4.74 Å². The number of hydrogen-bond acceptors (Lipinski definition) is 4. The molecule has 5 nitrogen and oxygen atoms in total. The van der Waals surface area contributed by atoms with E-state index in [4.69, 9.17) is 27.9 Å². The van der Waals surface area contributed by atoms with E-state index in [9.17, 15) is 14.9 Å². The molecule has 0 spiro atoms. The highest BCUT2D eigenvalue weighted by Crippen LogP contribution is 2.24. The fraction of sp³-hybridized carbons (Fsp3) is 0.0714. The van der Waals surface area contributed by atoms with Crippen LogP contribution < -0.4 is 0 Å². The van der Waals surface area contributed by atoms with Crippen molar-refractivity contribution in [2.45, 2.75) is 6.61 Å². The summed E-state index contributed by atoms with van der Waals surface area (Å²) in [5, 5.41) is 11.4. The van der Waals surface area contributed by atoms with Crippen LogP contribution in [0.5, 0.6) is 0 Å². The van der Waals surface area contributed by atoms with E-state index >= 15 is 0 Å². The summed E-state index contributed by atoms with van der Waals surface area (Å²) in [6, 6.07) is 10.4. The molecule has 2 aromatic carbocycles. The molecule has 2 aromatic rings. The van der Waals surface area contributed by atoms with Gasteiger partial charge >= 0.3 is 5.97 Å². The van der Waals surface area contributed by atoms with Gasteiger partial charge in [0.25, 0.3) is 5.69 Å². The number of nitro groups is 1. The summed E-state index contributed by atoms with van der Waals surface area (Å²) in [5.41, 5.74) is 0.443. The topological polar surface area (TPSA) is 69.4 Å². The highest BCUT2D eigenvalue weighted by Gasteiger charge is 2.15. The molecule has 0 amide bonds. The Morgan fingerprint density at radius 2 is 1.86 bits per heavy atom. The summed E-state index contributed by atoms with van der Waals surface area (Å²) in [6.07, 6.45) is 0. The molecule has 0 aliphatic heterocycles. The molecular weight excluding hydrogens is 317 g/mol. The van der Waals surface area contributed by atoms with Gasteiger partial charge in [0.1, 0.15) is 6.61 Å². The van der Waals surface area contributed by atoms with Gasteiger partial charge in [-0.2, -0.15) is 0 Å². The van der Waals surface area contributed by atoms with Crippen molar-refractivity contribution in [1.29, 1.82) is 0 Å². The van der Waals surface area contributed by atoms with Crippen molar-refractivity contribution >= 4 is 34.9 Å². The lowest BCUT2D eigenvalue weighted by Gasteiger charge is -2.06. The van der Waals surface area contributed by atoms with E-state index in [1.54, 1.807) is 12.1 Å². The molecule has 0 N–H and O–H groups in total.